The fraction of sp³-hybridized carbons (Fsp3) is 0.439. The molecule has 3 saturated heterocycles. The number of piperidine rings is 2. The number of rotatable bonds is 10. The molecule has 3 fully saturated rings. The number of fused-ring (bicyclic) bond motifs is 1. The molecule has 13 heteroatoms. The summed E-state index contributed by atoms with van der Waals surface area (Å²) in [6.45, 7) is 5.02. The summed E-state index contributed by atoms with van der Waals surface area (Å²) in [5.74, 6) is -0.131. The van der Waals surface area contributed by atoms with Crippen LogP contribution in [0.15, 0.2) is 83.9 Å². The molecule has 284 valence electrons. The number of H-pyrrole nitrogens is 1. The summed E-state index contributed by atoms with van der Waals surface area (Å²) < 4.78 is 0. The Bertz CT molecular complexity index is 1950. The van der Waals surface area contributed by atoms with Crippen molar-refractivity contribution in [2.45, 2.75) is 56.5 Å². The van der Waals surface area contributed by atoms with Gasteiger partial charge < -0.3 is 40.7 Å². The maximum Gasteiger partial charge on any atom is 0.318 e. The van der Waals surface area contributed by atoms with Crippen molar-refractivity contribution >= 4 is 34.4 Å². The Balaban J connectivity index is 1.03. The third-order valence-electron chi connectivity index (χ3n) is 11.3. The molecule has 4 aromatic rings. The van der Waals surface area contributed by atoms with Gasteiger partial charge in [-0.15, -0.1) is 0 Å². The summed E-state index contributed by atoms with van der Waals surface area (Å²) in [7, 11) is 0. The van der Waals surface area contributed by atoms with E-state index >= 15 is 0 Å². The van der Waals surface area contributed by atoms with E-state index in [0.717, 1.165) is 53.6 Å². The van der Waals surface area contributed by atoms with Crippen molar-refractivity contribution in [1.82, 2.24) is 35.7 Å². The molecule has 7 rings (SSSR count). The minimum absolute atomic E-state index is 0.00632. The second-order valence-electron chi connectivity index (χ2n) is 14.8. The maximum atomic E-state index is 14.3. The Morgan fingerprint density at radius 3 is 2.24 bits per heavy atom. The van der Waals surface area contributed by atoms with Crippen LogP contribution in [-0.2, 0) is 16.0 Å². The summed E-state index contributed by atoms with van der Waals surface area (Å²) in [6.07, 6.45) is 7.31. The number of pyridine rings is 2. The van der Waals surface area contributed by atoms with Gasteiger partial charge in [0.25, 0.3) is 5.56 Å². The molecular weight excluding hydrogens is 685 g/mol. The van der Waals surface area contributed by atoms with Gasteiger partial charge in [-0.05, 0) is 104 Å². The lowest BCUT2D eigenvalue weighted by atomic mass is 9.89. The van der Waals surface area contributed by atoms with E-state index < -0.39 is 18.0 Å². The van der Waals surface area contributed by atoms with Crippen molar-refractivity contribution in [1.29, 1.82) is 0 Å². The van der Waals surface area contributed by atoms with Crippen LogP contribution in [0.1, 0.15) is 49.1 Å². The van der Waals surface area contributed by atoms with Gasteiger partial charge in [-0.2, -0.15) is 0 Å². The van der Waals surface area contributed by atoms with Gasteiger partial charge in [0.2, 0.25) is 11.8 Å². The van der Waals surface area contributed by atoms with E-state index in [4.69, 9.17) is 0 Å². The van der Waals surface area contributed by atoms with Gasteiger partial charge in [0.05, 0.1) is 0 Å². The van der Waals surface area contributed by atoms with E-state index in [9.17, 15) is 24.3 Å². The maximum absolute atomic E-state index is 14.3. The van der Waals surface area contributed by atoms with Gasteiger partial charge in [0.15, 0.2) is 0 Å². The summed E-state index contributed by atoms with van der Waals surface area (Å²) >= 11 is 0. The third-order valence-corrected chi connectivity index (χ3v) is 11.3. The first kappa shape index (κ1) is 36.9. The monoisotopic (exact) mass is 734 g/mol. The quantitative estimate of drug-likeness (QED) is 0.166. The van der Waals surface area contributed by atoms with Crippen LogP contribution in [0.25, 0.3) is 10.9 Å². The van der Waals surface area contributed by atoms with Crippen molar-refractivity contribution in [3.05, 3.63) is 101 Å². The highest BCUT2D eigenvalue weighted by Crippen LogP contribution is 2.28. The summed E-state index contributed by atoms with van der Waals surface area (Å²) in [5, 5.41) is 20.3. The summed E-state index contributed by atoms with van der Waals surface area (Å²) in [5.41, 5.74) is 3.24. The van der Waals surface area contributed by atoms with E-state index in [0.29, 0.717) is 58.5 Å². The van der Waals surface area contributed by atoms with Crippen LogP contribution in [0.2, 0.25) is 0 Å². The van der Waals surface area contributed by atoms with Crippen LogP contribution in [0.4, 0.5) is 10.5 Å². The molecule has 0 saturated carbocycles. The molecule has 0 radical (unpaired) electrons. The number of phenols is 1. The second kappa shape index (κ2) is 17.1. The van der Waals surface area contributed by atoms with Gasteiger partial charge >= 0.3 is 6.03 Å². The Morgan fingerprint density at radius 2 is 1.52 bits per heavy atom. The SMILES string of the molecule is O=C(N[C@@H](CC1CCNCC1)C(=O)N1CCN(c2ccncc2)CC1)[C@@H](Cc1ccc(O)cc1)NC(=O)N1CCC(c2cc3ccccc3[nH]c2=O)CC1. The number of aromatic nitrogens is 2. The minimum atomic E-state index is -0.963. The average molecular weight is 735 g/mol. The molecule has 4 amide bonds. The second-order valence-corrected chi connectivity index (χ2v) is 14.8. The highest BCUT2D eigenvalue weighted by Gasteiger charge is 2.34. The zero-order chi connectivity index (χ0) is 37.4. The van der Waals surface area contributed by atoms with Crippen LogP contribution in [-0.4, -0.2) is 107 Å². The zero-order valence-electron chi connectivity index (χ0n) is 30.6. The normalized spacial score (nSPS) is 18.3. The summed E-state index contributed by atoms with van der Waals surface area (Å²) in [4.78, 5) is 68.1. The first-order chi connectivity index (χ1) is 26.3. The van der Waals surface area contributed by atoms with E-state index in [2.05, 4.69) is 30.8 Å². The number of anilines is 1. The number of nitrogens with zero attached hydrogens (tertiary/aromatic N) is 4. The topological polar surface area (TPSA) is 163 Å². The number of aromatic hydroxyl groups is 1. The van der Waals surface area contributed by atoms with Crippen LogP contribution in [0.3, 0.4) is 0 Å². The Kier molecular flexibility index (Phi) is 11.7. The smallest absolute Gasteiger partial charge is 0.318 e. The number of piperazine rings is 1. The number of nitrogens with one attached hydrogen (secondary N) is 4. The van der Waals surface area contributed by atoms with E-state index in [1.54, 1.807) is 41.6 Å². The third kappa shape index (κ3) is 9.02. The number of urea groups is 1. The minimum Gasteiger partial charge on any atom is -0.508 e. The van der Waals surface area contributed by atoms with Gasteiger partial charge in [0.1, 0.15) is 17.8 Å². The fourth-order valence-electron chi connectivity index (χ4n) is 8.08. The van der Waals surface area contributed by atoms with Gasteiger partial charge in [-0.25, -0.2) is 4.79 Å². The lowest BCUT2D eigenvalue weighted by Crippen LogP contribution is -2.59. The highest BCUT2D eigenvalue weighted by molar-refractivity contribution is 5.92. The molecule has 0 aliphatic carbocycles. The van der Waals surface area contributed by atoms with Crippen molar-refractivity contribution in [3.8, 4) is 5.75 Å². The summed E-state index contributed by atoms with van der Waals surface area (Å²) in [6, 6.07) is 18.1. The van der Waals surface area contributed by atoms with Crippen molar-refractivity contribution in [2.24, 2.45) is 5.92 Å². The molecule has 3 aliphatic heterocycles. The number of para-hydroxylation sites is 1. The Morgan fingerprint density at radius 1 is 0.815 bits per heavy atom. The molecule has 2 aromatic heterocycles. The predicted octanol–water partition coefficient (Wildman–Crippen LogP) is 3.35. The molecule has 2 aromatic carbocycles. The first-order valence-corrected chi connectivity index (χ1v) is 19.2. The number of carbonyl (C=O) groups excluding carboxylic acids is 3. The molecule has 54 heavy (non-hydrogen) atoms. The molecular formula is C41H50N8O5. The fourth-order valence-corrected chi connectivity index (χ4v) is 8.08. The van der Waals surface area contributed by atoms with E-state index in [1.165, 1.54) is 0 Å². The average Bonchev–Trinajstić information content (AvgIpc) is 3.21. The standard InChI is InChI=1S/C41H50N8O5/c50-33-7-5-28(6-8-33)25-36(46-41(54)49-19-13-30(14-20-49)34-27-31-3-1-2-4-35(31)44-38(34)51)39(52)45-37(26-29-9-15-42-16-10-29)40(53)48-23-21-47(22-24-48)32-11-17-43-18-12-32/h1-8,11-12,17-18,27,29-30,36-37,42,50H,9-10,13-16,19-26H2,(H,44,51)(H,45,52)(H,46,54)/t36-,37+/m1/s1. The molecule has 3 aliphatic rings. The molecule has 5 N–H and O–H groups in total. The van der Waals surface area contributed by atoms with Crippen LogP contribution in [0, 0.1) is 5.92 Å². The number of likely N-dealkylation sites (tertiary alicyclic amines) is 1. The molecule has 0 bridgehead atoms. The Hall–Kier alpha value is -5.43. The first-order valence-electron chi connectivity index (χ1n) is 19.2. The number of hydrogen-bond acceptors (Lipinski definition) is 8. The predicted molar refractivity (Wildman–Crippen MR) is 207 cm³/mol. The van der Waals surface area contributed by atoms with Crippen LogP contribution in [0.5, 0.6) is 5.75 Å². The lowest BCUT2D eigenvalue weighted by molar-refractivity contribution is -0.137. The highest BCUT2D eigenvalue weighted by atomic mass is 16.3. The van der Waals surface area contributed by atoms with Gasteiger partial charge in [-0.3, -0.25) is 19.4 Å². The van der Waals surface area contributed by atoms with Gasteiger partial charge in [0, 0.05) is 74.9 Å². The van der Waals surface area contributed by atoms with Crippen molar-refractivity contribution in [3.63, 3.8) is 0 Å². The molecule has 0 spiro atoms. The molecule has 0 unspecified atom stereocenters. The molecule has 5 heterocycles. The van der Waals surface area contributed by atoms with E-state index in [1.807, 2.05) is 47.4 Å². The number of aromatic amines is 1. The number of amides is 4. The number of phenolic OH excluding ortho intramolecular Hbond substituents is 1. The number of benzene rings is 2. The largest absolute Gasteiger partial charge is 0.508 e. The lowest BCUT2D eigenvalue weighted by Gasteiger charge is -2.38. The van der Waals surface area contributed by atoms with Crippen molar-refractivity contribution in [2.75, 3.05) is 57.3 Å². The Labute approximate surface area is 315 Å². The molecule has 2 atom stereocenters. The number of hydrogen-bond donors (Lipinski definition) is 5. The zero-order valence-corrected chi connectivity index (χ0v) is 30.6. The van der Waals surface area contributed by atoms with Crippen LogP contribution >= 0.6 is 0 Å². The number of carbonyl (C=O) groups is 3. The van der Waals surface area contributed by atoms with Gasteiger partial charge in [-0.1, -0.05) is 30.3 Å². The van der Waals surface area contributed by atoms with E-state index in [-0.39, 0.29) is 41.5 Å². The van der Waals surface area contributed by atoms with Crippen LogP contribution < -0.4 is 26.4 Å². The van der Waals surface area contributed by atoms with Crippen molar-refractivity contribution < 1.29 is 19.5 Å². The molecule has 13 nitrogen and oxygen atoms in total.